The first-order chi connectivity index (χ1) is 9.99. The van der Waals surface area contributed by atoms with Gasteiger partial charge in [0.25, 0.3) is 0 Å². The van der Waals surface area contributed by atoms with Gasteiger partial charge >= 0.3 is 12.2 Å². The lowest BCUT2D eigenvalue weighted by atomic mass is 9.87. The van der Waals surface area contributed by atoms with Crippen molar-refractivity contribution in [3.05, 3.63) is 24.0 Å². The summed E-state index contributed by atoms with van der Waals surface area (Å²) in [6.07, 6.45) is -3.54. The van der Waals surface area contributed by atoms with Crippen LogP contribution in [-0.2, 0) is 6.18 Å². The summed E-state index contributed by atoms with van der Waals surface area (Å²) in [5.41, 5.74) is -1.15. The molecule has 1 unspecified atom stereocenters. The number of nitrogens with one attached hydrogen (secondary N) is 2. The predicted octanol–water partition coefficient (Wildman–Crippen LogP) is 3.02. The molecule has 0 aliphatic heterocycles. The number of aliphatic hydroxyl groups excluding tert-OH is 1. The molecule has 0 saturated carbocycles. The lowest BCUT2D eigenvalue weighted by Gasteiger charge is -2.26. The van der Waals surface area contributed by atoms with Gasteiger partial charge in [0.15, 0.2) is 0 Å². The minimum Gasteiger partial charge on any atom is -0.393 e. The molecule has 22 heavy (non-hydrogen) atoms. The number of rotatable bonds is 5. The highest BCUT2D eigenvalue weighted by molar-refractivity contribution is 5.88. The number of amides is 2. The van der Waals surface area contributed by atoms with Crippen LogP contribution in [-0.4, -0.2) is 28.8 Å². The maximum atomic E-state index is 12.4. The number of carbonyl (C=O) groups is 1. The predicted molar refractivity (Wildman–Crippen MR) is 76.3 cm³/mol. The van der Waals surface area contributed by atoms with Crippen LogP contribution >= 0.6 is 0 Å². The molecule has 3 N–H and O–H groups in total. The number of urea groups is 1. The first kappa shape index (κ1) is 18.2. The van der Waals surface area contributed by atoms with Gasteiger partial charge < -0.3 is 15.7 Å². The number of nitrogens with zero attached hydrogens (tertiary/aromatic N) is 1. The Kier molecular flexibility index (Phi) is 5.76. The van der Waals surface area contributed by atoms with E-state index in [2.05, 4.69) is 15.6 Å². The quantitative estimate of drug-likeness (QED) is 0.781. The van der Waals surface area contributed by atoms with E-state index in [1.165, 1.54) is 0 Å². The lowest BCUT2D eigenvalue weighted by Crippen LogP contribution is -2.38. The van der Waals surface area contributed by atoms with Crippen molar-refractivity contribution in [1.29, 1.82) is 0 Å². The second-order valence-electron chi connectivity index (χ2n) is 5.95. The standard InChI is InChI=1S/C14H20F3N3O2/c1-9(21)6-13(2,3)8-19-12(22)20-10-4-5-11(18-7-10)14(15,16)17/h4-5,7,9,21H,6,8H2,1-3H3,(H2,19,20,22). The number of anilines is 1. The van der Waals surface area contributed by atoms with E-state index in [4.69, 9.17) is 0 Å². The zero-order chi connectivity index (χ0) is 17.0. The van der Waals surface area contributed by atoms with Crippen LogP contribution in [0.2, 0.25) is 0 Å². The van der Waals surface area contributed by atoms with Crippen molar-refractivity contribution < 1.29 is 23.1 Å². The second kappa shape index (κ2) is 6.95. The molecule has 5 nitrogen and oxygen atoms in total. The van der Waals surface area contributed by atoms with E-state index >= 15 is 0 Å². The van der Waals surface area contributed by atoms with Crippen molar-refractivity contribution in [3.63, 3.8) is 0 Å². The Bertz CT molecular complexity index is 499. The van der Waals surface area contributed by atoms with Gasteiger partial charge in [0.1, 0.15) is 5.69 Å². The van der Waals surface area contributed by atoms with Crippen molar-refractivity contribution in [1.82, 2.24) is 10.3 Å². The molecule has 1 rings (SSSR count). The van der Waals surface area contributed by atoms with Crippen molar-refractivity contribution in [2.75, 3.05) is 11.9 Å². The van der Waals surface area contributed by atoms with Crippen LogP contribution in [0.3, 0.4) is 0 Å². The maximum absolute atomic E-state index is 12.4. The largest absolute Gasteiger partial charge is 0.433 e. The molecule has 0 aromatic carbocycles. The molecule has 0 fully saturated rings. The summed E-state index contributed by atoms with van der Waals surface area (Å²) < 4.78 is 37.1. The number of pyridine rings is 1. The van der Waals surface area contributed by atoms with E-state index < -0.39 is 24.0 Å². The SMILES string of the molecule is CC(O)CC(C)(C)CNC(=O)Nc1ccc(C(F)(F)F)nc1. The molecular formula is C14H20F3N3O2. The summed E-state index contributed by atoms with van der Waals surface area (Å²) in [5, 5.41) is 14.4. The Morgan fingerprint density at radius 1 is 1.36 bits per heavy atom. The van der Waals surface area contributed by atoms with Gasteiger partial charge in [-0.25, -0.2) is 9.78 Å². The lowest BCUT2D eigenvalue weighted by molar-refractivity contribution is -0.141. The van der Waals surface area contributed by atoms with Crippen LogP contribution in [0.5, 0.6) is 0 Å². The summed E-state index contributed by atoms with van der Waals surface area (Å²) in [4.78, 5) is 14.9. The van der Waals surface area contributed by atoms with Crippen LogP contribution in [0.1, 0.15) is 32.9 Å². The van der Waals surface area contributed by atoms with E-state index in [0.29, 0.717) is 13.0 Å². The Balaban J connectivity index is 2.52. The highest BCUT2D eigenvalue weighted by Crippen LogP contribution is 2.27. The Labute approximate surface area is 126 Å². The molecule has 8 heteroatoms. The zero-order valence-electron chi connectivity index (χ0n) is 12.7. The van der Waals surface area contributed by atoms with Crippen LogP contribution in [0.25, 0.3) is 0 Å². The Morgan fingerprint density at radius 2 is 2.00 bits per heavy atom. The van der Waals surface area contributed by atoms with Crippen molar-refractivity contribution in [3.8, 4) is 0 Å². The van der Waals surface area contributed by atoms with E-state index in [-0.39, 0.29) is 11.1 Å². The Morgan fingerprint density at radius 3 is 2.45 bits per heavy atom. The average Bonchev–Trinajstić information content (AvgIpc) is 2.34. The fraction of sp³-hybridized carbons (Fsp3) is 0.571. The number of carbonyl (C=O) groups excluding carboxylic acids is 1. The molecule has 0 saturated heterocycles. The molecule has 1 aromatic heterocycles. The molecule has 2 amide bonds. The highest BCUT2D eigenvalue weighted by Gasteiger charge is 2.32. The summed E-state index contributed by atoms with van der Waals surface area (Å²) in [5.74, 6) is 0. The third-order valence-electron chi connectivity index (χ3n) is 2.89. The molecule has 0 aliphatic carbocycles. The van der Waals surface area contributed by atoms with E-state index in [1.54, 1.807) is 6.92 Å². The molecule has 1 atom stereocenters. The molecule has 0 spiro atoms. The molecule has 124 valence electrons. The van der Waals surface area contributed by atoms with Gasteiger partial charge in [-0.05, 0) is 30.9 Å². The minimum absolute atomic E-state index is 0.166. The summed E-state index contributed by atoms with van der Waals surface area (Å²) in [6, 6.07) is 1.39. The van der Waals surface area contributed by atoms with Crippen LogP contribution in [0.15, 0.2) is 18.3 Å². The fourth-order valence-corrected chi connectivity index (χ4v) is 2.00. The number of alkyl halides is 3. The second-order valence-corrected chi connectivity index (χ2v) is 5.95. The van der Waals surface area contributed by atoms with Gasteiger partial charge in [0.05, 0.1) is 18.0 Å². The summed E-state index contributed by atoms with van der Waals surface area (Å²) in [7, 11) is 0. The number of hydrogen-bond donors (Lipinski definition) is 3. The zero-order valence-corrected chi connectivity index (χ0v) is 12.7. The molecular weight excluding hydrogens is 299 g/mol. The average molecular weight is 319 g/mol. The van der Waals surface area contributed by atoms with E-state index in [9.17, 15) is 23.1 Å². The van der Waals surface area contributed by atoms with Crippen molar-refractivity contribution in [2.24, 2.45) is 5.41 Å². The topological polar surface area (TPSA) is 74.2 Å². The smallest absolute Gasteiger partial charge is 0.393 e. The molecule has 0 aliphatic rings. The van der Waals surface area contributed by atoms with E-state index in [1.807, 2.05) is 13.8 Å². The van der Waals surface area contributed by atoms with Crippen molar-refractivity contribution in [2.45, 2.75) is 39.5 Å². The van der Waals surface area contributed by atoms with E-state index in [0.717, 1.165) is 18.3 Å². The molecule has 1 heterocycles. The molecule has 1 aromatic rings. The normalized spacial score (nSPS) is 13.6. The third kappa shape index (κ3) is 6.30. The van der Waals surface area contributed by atoms with Crippen molar-refractivity contribution >= 4 is 11.7 Å². The van der Waals surface area contributed by atoms with Crippen LogP contribution < -0.4 is 10.6 Å². The maximum Gasteiger partial charge on any atom is 0.433 e. The first-order valence-electron chi connectivity index (χ1n) is 6.76. The minimum atomic E-state index is -4.51. The van der Waals surface area contributed by atoms with Gasteiger partial charge in [-0.3, -0.25) is 0 Å². The number of hydrogen-bond acceptors (Lipinski definition) is 3. The fourth-order valence-electron chi connectivity index (χ4n) is 2.00. The first-order valence-corrected chi connectivity index (χ1v) is 6.76. The van der Waals surface area contributed by atoms with Gasteiger partial charge in [0, 0.05) is 6.54 Å². The van der Waals surface area contributed by atoms with Gasteiger partial charge in [-0.15, -0.1) is 0 Å². The van der Waals surface area contributed by atoms with Gasteiger partial charge in [-0.1, -0.05) is 13.8 Å². The molecule has 0 bridgehead atoms. The van der Waals surface area contributed by atoms with Crippen LogP contribution in [0.4, 0.5) is 23.7 Å². The summed E-state index contributed by atoms with van der Waals surface area (Å²) in [6.45, 7) is 5.76. The number of aromatic nitrogens is 1. The number of aliphatic hydroxyl groups is 1. The monoisotopic (exact) mass is 319 g/mol. The van der Waals surface area contributed by atoms with Gasteiger partial charge in [-0.2, -0.15) is 13.2 Å². The van der Waals surface area contributed by atoms with Gasteiger partial charge in [0.2, 0.25) is 0 Å². The molecule has 0 radical (unpaired) electrons. The third-order valence-corrected chi connectivity index (χ3v) is 2.89. The van der Waals surface area contributed by atoms with Crippen LogP contribution in [0, 0.1) is 5.41 Å². The summed E-state index contributed by atoms with van der Waals surface area (Å²) >= 11 is 0. The number of halogens is 3. The Hall–Kier alpha value is -1.83. The highest BCUT2D eigenvalue weighted by atomic mass is 19.4.